The van der Waals surface area contributed by atoms with E-state index in [2.05, 4.69) is 130 Å². The Morgan fingerprint density at radius 2 is 1.38 bits per heavy atom. The third-order valence-electron chi connectivity index (χ3n) is 8.19. The van der Waals surface area contributed by atoms with Gasteiger partial charge in [-0.15, -0.1) is 11.3 Å². The van der Waals surface area contributed by atoms with Crippen molar-refractivity contribution in [2.45, 2.75) is 47.0 Å². The van der Waals surface area contributed by atoms with Crippen molar-refractivity contribution in [3.05, 3.63) is 114 Å². The molecule has 0 radical (unpaired) electrons. The highest BCUT2D eigenvalue weighted by Crippen LogP contribution is 2.57. The van der Waals surface area contributed by atoms with Gasteiger partial charge >= 0.3 is 0 Å². The third-order valence-corrected chi connectivity index (χ3v) is 9.01. The Balaban J connectivity index is 1.67. The zero-order chi connectivity index (χ0) is 27.4. The van der Waals surface area contributed by atoms with E-state index in [9.17, 15) is 0 Å². The molecule has 0 bridgehead atoms. The minimum atomic E-state index is -0.331. The van der Waals surface area contributed by atoms with E-state index in [-0.39, 0.29) is 16.2 Å². The summed E-state index contributed by atoms with van der Waals surface area (Å²) in [6.07, 6.45) is 3.80. The maximum absolute atomic E-state index is 4.98. The number of nitrogens with zero attached hydrogens (tertiary/aromatic N) is 3. The number of pyridine rings is 1. The number of benzene rings is 3. The number of thiazole rings is 1. The van der Waals surface area contributed by atoms with Crippen LogP contribution in [-0.4, -0.2) is 14.5 Å². The van der Waals surface area contributed by atoms with E-state index in [1.165, 1.54) is 27.4 Å². The molecule has 3 nitrogen and oxygen atoms in total. The van der Waals surface area contributed by atoms with E-state index in [1.807, 2.05) is 23.8 Å². The van der Waals surface area contributed by atoms with Crippen LogP contribution < -0.4 is 0 Å². The van der Waals surface area contributed by atoms with Crippen molar-refractivity contribution < 1.29 is 0 Å². The summed E-state index contributed by atoms with van der Waals surface area (Å²) in [4.78, 5) is 9.57. The monoisotopic (exact) mass is 529 g/mol. The van der Waals surface area contributed by atoms with Gasteiger partial charge in [0.15, 0.2) is 0 Å². The molecule has 196 valence electrons. The summed E-state index contributed by atoms with van der Waals surface area (Å²) in [5.74, 6) is 0. The van der Waals surface area contributed by atoms with Crippen molar-refractivity contribution in [1.82, 2.24) is 14.5 Å². The average molecular weight is 530 g/mol. The van der Waals surface area contributed by atoms with Crippen LogP contribution in [0.4, 0.5) is 0 Å². The van der Waals surface area contributed by atoms with Gasteiger partial charge in [0.1, 0.15) is 5.01 Å². The van der Waals surface area contributed by atoms with E-state index in [1.54, 1.807) is 11.3 Å². The number of fused-ring (bicyclic) bond motifs is 3. The number of rotatable bonds is 4. The summed E-state index contributed by atoms with van der Waals surface area (Å²) >= 11 is 1.67. The molecule has 6 rings (SSSR count). The molecule has 0 spiro atoms. The molecule has 0 N–H and O–H groups in total. The van der Waals surface area contributed by atoms with Gasteiger partial charge in [-0.1, -0.05) is 90.1 Å². The summed E-state index contributed by atoms with van der Waals surface area (Å²) in [6.45, 7) is 14.1. The molecule has 3 aromatic carbocycles. The van der Waals surface area contributed by atoms with Gasteiger partial charge < -0.3 is 4.57 Å². The van der Waals surface area contributed by atoms with Gasteiger partial charge in [0, 0.05) is 45.2 Å². The van der Waals surface area contributed by atoms with Crippen LogP contribution in [0.25, 0.3) is 38.1 Å². The molecule has 0 atom stereocenters. The van der Waals surface area contributed by atoms with E-state index >= 15 is 0 Å². The highest BCUT2D eigenvalue weighted by atomic mass is 32.1. The summed E-state index contributed by atoms with van der Waals surface area (Å²) in [7, 11) is 0. The Kier molecular flexibility index (Phi) is 6.00. The molecule has 0 amide bonds. The Morgan fingerprint density at radius 3 is 2.08 bits per heavy atom. The van der Waals surface area contributed by atoms with Gasteiger partial charge in [-0.25, -0.2) is 4.98 Å². The molecule has 0 fully saturated rings. The largest absolute Gasteiger partial charge is 0.309 e. The van der Waals surface area contributed by atoms with Gasteiger partial charge in [-0.05, 0) is 52.8 Å². The molecule has 3 heterocycles. The minimum Gasteiger partial charge on any atom is -0.309 e. The number of hydrogen-bond donors (Lipinski definition) is 0. The zero-order valence-electron chi connectivity index (χ0n) is 23.6. The second-order valence-corrected chi connectivity index (χ2v) is 13.3. The molecule has 3 aromatic heterocycles. The van der Waals surface area contributed by atoms with Crippen molar-refractivity contribution in [3.8, 4) is 16.3 Å². The van der Waals surface area contributed by atoms with Crippen molar-refractivity contribution in [2.24, 2.45) is 10.8 Å². The SMILES string of the molecule is CC(C)(C)C(c1cccc(-n2c3ccccc3c3ccc(-c4nccs4)cc32)c1)(c1ccccn1)C(C)(C)C. The van der Waals surface area contributed by atoms with Gasteiger partial charge in [0.25, 0.3) is 0 Å². The lowest BCUT2D eigenvalue weighted by molar-refractivity contribution is 0.0865. The van der Waals surface area contributed by atoms with Crippen LogP contribution in [0, 0.1) is 10.8 Å². The molecule has 39 heavy (non-hydrogen) atoms. The first-order valence-corrected chi connectivity index (χ1v) is 14.5. The predicted molar refractivity (Wildman–Crippen MR) is 166 cm³/mol. The smallest absolute Gasteiger partial charge is 0.123 e. The second-order valence-electron chi connectivity index (χ2n) is 12.4. The fraction of sp³-hybridized carbons (Fsp3) is 0.257. The molecule has 0 aliphatic carbocycles. The highest BCUT2D eigenvalue weighted by molar-refractivity contribution is 7.13. The molecule has 0 saturated carbocycles. The lowest BCUT2D eigenvalue weighted by Crippen LogP contribution is -2.51. The van der Waals surface area contributed by atoms with Gasteiger partial charge in [0.2, 0.25) is 0 Å². The van der Waals surface area contributed by atoms with Crippen LogP contribution in [0.3, 0.4) is 0 Å². The molecule has 4 heteroatoms. The van der Waals surface area contributed by atoms with Crippen LogP contribution >= 0.6 is 11.3 Å². The van der Waals surface area contributed by atoms with E-state index in [0.29, 0.717) is 0 Å². The molecular weight excluding hydrogens is 494 g/mol. The number of aromatic nitrogens is 3. The minimum absolute atomic E-state index is 0.100. The van der Waals surface area contributed by atoms with Crippen LogP contribution in [-0.2, 0) is 5.41 Å². The fourth-order valence-electron chi connectivity index (χ4n) is 7.12. The Morgan fingerprint density at radius 1 is 0.641 bits per heavy atom. The van der Waals surface area contributed by atoms with E-state index in [4.69, 9.17) is 4.98 Å². The third kappa shape index (κ3) is 3.92. The topological polar surface area (TPSA) is 30.7 Å². The average Bonchev–Trinajstić information content (AvgIpc) is 3.55. The molecule has 6 aromatic rings. The molecule has 0 unspecified atom stereocenters. The second kappa shape index (κ2) is 9.17. The summed E-state index contributed by atoms with van der Waals surface area (Å²) in [5, 5.41) is 5.58. The van der Waals surface area contributed by atoms with Gasteiger partial charge in [0.05, 0.1) is 16.7 Å². The van der Waals surface area contributed by atoms with Crippen molar-refractivity contribution >= 4 is 33.1 Å². The maximum atomic E-state index is 4.98. The van der Waals surface area contributed by atoms with Gasteiger partial charge in [-0.2, -0.15) is 0 Å². The first-order chi connectivity index (χ1) is 18.6. The van der Waals surface area contributed by atoms with Crippen LogP contribution in [0.1, 0.15) is 52.8 Å². The predicted octanol–water partition coefficient (Wildman–Crippen LogP) is 9.68. The van der Waals surface area contributed by atoms with E-state index in [0.717, 1.165) is 22.0 Å². The summed E-state index contributed by atoms with van der Waals surface area (Å²) in [5.41, 5.74) is 6.55. The van der Waals surface area contributed by atoms with Crippen LogP contribution in [0.2, 0.25) is 0 Å². The fourth-order valence-corrected chi connectivity index (χ4v) is 7.75. The molecule has 0 aliphatic rings. The Labute approximate surface area is 235 Å². The van der Waals surface area contributed by atoms with Crippen molar-refractivity contribution in [1.29, 1.82) is 0 Å². The quantitative estimate of drug-likeness (QED) is 0.228. The zero-order valence-corrected chi connectivity index (χ0v) is 24.4. The molecule has 0 saturated heterocycles. The standard InChI is InChI=1S/C35H35N3S/c1-33(2,3)35(34(4,5)6,31-16-9-10-19-36-31)25-12-11-13-26(23-25)38-29-15-8-7-14-27(29)28-18-17-24(22-30(28)38)32-37-20-21-39-32/h7-23H,1-6H3. The summed E-state index contributed by atoms with van der Waals surface area (Å²) in [6, 6.07) is 30.9. The Bertz CT molecular complexity index is 1750. The van der Waals surface area contributed by atoms with Crippen molar-refractivity contribution in [3.63, 3.8) is 0 Å². The Hall–Kier alpha value is -3.76. The van der Waals surface area contributed by atoms with Gasteiger partial charge in [-0.3, -0.25) is 4.98 Å². The number of para-hydroxylation sites is 1. The maximum Gasteiger partial charge on any atom is 0.123 e. The first kappa shape index (κ1) is 25.5. The molecule has 0 aliphatic heterocycles. The van der Waals surface area contributed by atoms with Crippen LogP contribution in [0.15, 0.2) is 103 Å². The lowest BCUT2D eigenvalue weighted by atomic mass is 9.49. The number of hydrogen-bond acceptors (Lipinski definition) is 3. The lowest BCUT2D eigenvalue weighted by Gasteiger charge is -2.54. The normalized spacial score (nSPS) is 12.9. The highest BCUT2D eigenvalue weighted by Gasteiger charge is 2.54. The summed E-state index contributed by atoms with van der Waals surface area (Å²) < 4.78 is 2.42. The van der Waals surface area contributed by atoms with E-state index < -0.39 is 0 Å². The molecular formula is C35H35N3S. The first-order valence-electron chi connectivity index (χ1n) is 13.6. The van der Waals surface area contributed by atoms with Crippen molar-refractivity contribution in [2.75, 3.05) is 0 Å². The van der Waals surface area contributed by atoms with Crippen LogP contribution in [0.5, 0.6) is 0 Å².